The predicted molar refractivity (Wildman–Crippen MR) is 106 cm³/mol. The van der Waals surface area contributed by atoms with Gasteiger partial charge in [0, 0.05) is 17.8 Å². The third-order valence-electron chi connectivity index (χ3n) is 4.17. The Morgan fingerprint density at radius 1 is 1.20 bits per heavy atom. The van der Waals surface area contributed by atoms with E-state index >= 15 is 0 Å². The molecule has 2 N–H and O–H groups in total. The van der Waals surface area contributed by atoms with Crippen molar-refractivity contribution in [3.63, 3.8) is 0 Å². The zero-order valence-corrected chi connectivity index (χ0v) is 17.7. The zero-order valence-electron chi connectivity index (χ0n) is 16.2. The van der Waals surface area contributed by atoms with E-state index in [4.69, 9.17) is 22.1 Å². The van der Waals surface area contributed by atoms with Gasteiger partial charge in [0.1, 0.15) is 27.3 Å². The molecule has 3 aromatic rings. The van der Waals surface area contributed by atoms with E-state index in [1.54, 1.807) is 0 Å². The van der Waals surface area contributed by atoms with Gasteiger partial charge < -0.3 is 10.5 Å². The molecule has 0 amide bonds. The summed E-state index contributed by atoms with van der Waals surface area (Å²) >= 11 is 5.95. The van der Waals surface area contributed by atoms with Crippen LogP contribution < -0.4 is 10.5 Å². The van der Waals surface area contributed by atoms with Crippen LogP contribution in [-0.4, -0.2) is 40.3 Å². The van der Waals surface area contributed by atoms with Crippen LogP contribution in [0.25, 0.3) is 16.9 Å². The summed E-state index contributed by atoms with van der Waals surface area (Å²) in [6, 6.07) is 4.18. The van der Waals surface area contributed by atoms with E-state index in [0.29, 0.717) is 11.3 Å². The number of hydrogen-bond acceptors (Lipinski definition) is 6. The van der Waals surface area contributed by atoms with Crippen LogP contribution in [0.4, 0.5) is 19.0 Å². The number of alkyl halides is 3. The molecule has 0 saturated heterocycles. The molecule has 0 aliphatic heterocycles. The van der Waals surface area contributed by atoms with Crippen molar-refractivity contribution in [1.29, 1.82) is 0 Å². The number of imidazole rings is 1. The summed E-state index contributed by atoms with van der Waals surface area (Å²) in [6.07, 6.45) is -2.03. The highest BCUT2D eigenvalue weighted by Gasteiger charge is 2.36. The van der Waals surface area contributed by atoms with E-state index in [1.165, 1.54) is 49.7 Å². The Labute approximate surface area is 175 Å². The number of anilines is 1. The molecular weight excluding hydrogens is 445 g/mol. The van der Waals surface area contributed by atoms with Gasteiger partial charge >= 0.3 is 6.18 Å². The number of nitrogen functional groups attached to an aromatic ring is 1. The molecule has 3 rings (SSSR count). The van der Waals surface area contributed by atoms with E-state index < -0.39 is 33.1 Å². The maximum Gasteiger partial charge on any atom is 0.422 e. The Bertz CT molecular complexity index is 1200. The number of fused-ring (bicyclic) bond motifs is 1. The van der Waals surface area contributed by atoms with Crippen LogP contribution in [0, 0.1) is 0 Å². The van der Waals surface area contributed by atoms with E-state index in [-0.39, 0.29) is 21.5 Å². The van der Waals surface area contributed by atoms with E-state index in [0.717, 1.165) is 6.07 Å². The Balaban J connectivity index is 2.26. The Kier molecular flexibility index (Phi) is 5.40. The van der Waals surface area contributed by atoms with Gasteiger partial charge in [0.15, 0.2) is 16.4 Å². The standard InChI is InChI=1S/C18H18ClF3N4O3S/c1-17(2,3)30(27,28)13-8-26-11(10-4-14(19)25-15(23)5-10)7-24-16(26)6-12(13)29-9-18(20,21)22/h4-8H,9H2,1-3H3,(H2,23,25). The largest absolute Gasteiger partial charge is 0.483 e. The van der Waals surface area contributed by atoms with Gasteiger partial charge in [-0.1, -0.05) is 11.6 Å². The predicted octanol–water partition coefficient (Wildman–Crippen LogP) is 4.15. The van der Waals surface area contributed by atoms with Crippen LogP contribution in [0.1, 0.15) is 20.8 Å². The Morgan fingerprint density at radius 3 is 2.43 bits per heavy atom. The van der Waals surface area contributed by atoms with E-state index in [9.17, 15) is 21.6 Å². The lowest BCUT2D eigenvalue weighted by Gasteiger charge is -2.22. The second-order valence-corrected chi connectivity index (χ2v) is 10.6. The zero-order chi connectivity index (χ0) is 22.5. The molecular formula is C18H18ClF3N4O3S. The second kappa shape index (κ2) is 7.31. The summed E-state index contributed by atoms with van der Waals surface area (Å²) in [5.41, 5.74) is 6.83. The third-order valence-corrected chi connectivity index (χ3v) is 6.86. The number of ether oxygens (including phenoxy) is 1. The molecule has 3 aromatic heterocycles. The first-order valence-electron chi connectivity index (χ1n) is 8.58. The summed E-state index contributed by atoms with van der Waals surface area (Å²) in [6.45, 7) is 2.69. The number of nitrogens with two attached hydrogens (primary N) is 1. The molecule has 0 aromatic carbocycles. The van der Waals surface area contributed by atoms with E-state index in [2.05, 4.69) is 9.97 Å². The fraction of sp³-hybridized carbons (Fsp3) is 0.333. The van der Waals surface area contributed by atoms with Gasteiger partial charge in [0.25, 0.3) is 0 Å². The highest BCUT2D eigenvalue weighted by molar-refractivity contribution is 7.92. The average Bonchev–Trinajstić information content (AvgIpc) is 2.99. The van der Waals surface area contributed by atoms with Crippen molar-refractivity contribution in [1.82, 2.24) is 14.4 Å². The van der Waals surface area contributed by atoms with Crippen LogP contribution in [0.3, 0.4) is 0 Å². The lowest BCUT2D eigenvalue weighted by molar-refractivity contribution is -0.153. The number of rotatable bonds is 4. The highest BCUT2D eigenvalue weighted by atomic mass is 35.5. The van der Waals surface area contributed by atoms with Crippen LogP contribution >= 0.6 is 11.6 Å². The number of nitrogens with zero attached hydrogens (tertiary/aromatic N) is 3. The van der Waals surface area contributed by atoms with Crippen LogP contribution in [0.15, 0.2) is 35.5 Å². The van der Waals surface area contributed by atoms with Gasteiger partial charge in [-0.2, -0.15) is 13.2 Å². The topological polar surface area (TPSA) is 99.6 Å². The van der Waals surface area contributed by atoms with Gasteiger partial charge in [-0.25, -0.2) is 18.4 Å². The number of sulfone groups is 1. The first kappa shape index (κ1) is 22.2. The van der Waals surface area contributed by atoms with Crippen molar-refractivity contribution in [2.24, 2.45) is 0 Å². The van der Waals surface area contributed by atoms with Crippen molar-refractivity contribution in [3.05, 3.63) is 35.7 Å². The molecule has 3 heterocycles. The van der Waals surface area contributed by atoms with E-state index in [1.807, 2.05) is 0 Å². The van der Waals surface area contributed by atoms with Gasteiger partial charge in [0.2, 0.25) is 0 Å². The normalized spacial score (nSPS) is 13.0. The number of halogens is 4. The Hall–Kier alpha value is -2.53. The van der Waals surface area contributed by atoms with Crippen molar-refractivity contribution in [2.45, 2.75) is 36.6 Å². The molecule has 0 aliphatic rings. The summed E-state index contributed by atoms with van der Waals surface area (Å²) in [7, 11) is -4.06. The number of hydrogen-bond donors (Lipinski definition) is 1. The summed E-state index contributed by atoms with van der Waals surface area (Å²) in [5, 5.41) is 0.118. The lowest BCUT2D eigenvalue weighted by Crippen LogP contribution is -2.29. The molecule has 7 nitrogen and oxygen atoms in total. The maximum absolute atomic E-state index is 13.1. The Morgan fingerprint density at radius 2 is 1.87 bits per heavy atom. The van der Waals surface area contributed by atoms with Crippen LogP contribution in [0.2, 0.25) is 5.15 Å². The molecule has 0 saturated carbocycles. The summed E-state index contributed by atoms with van der Waals surface area (Å²) < 4.78 is 69.2. The molecule has 0 aliphatic carbocycles. The van der Waals surface area contributed by atoms with Gasteiger partial charge in [-0.15, -0.1) is 0 Å². The molecule has 0 fully saturated rings. The first-order chi connectivity index (χ1) is 13.7. The molecule has 162 valence electrons. The minimum absolute atomic E-state index is 0.118. The SMILES string of the molecule is CC(C)(C)S(=O)(=O)c1cn2c(-c3cc(N)nc(Cl)c3)cnc2cc1OCC(F)(F)F. The maximum atomic E-state index is 13.1. The third kappa shape index (κ3) is 4.31. The molecule has 0 unspecified atom stereocenters. The molecule has 12 heteroatoms. The number of aromatic nitrogens is 3. The summed E-state index contributed by atoms with van der Waals surface area (Å²) in [4.78, 5) is 7.62. The molecule has 0 bridgehead atoms. The van der Waals surface area contributed by atoms with Crippen LogP contribution in [-0.2, 0) is 9.84 Å². The molecule has 0 radical (unpaired) electrons. The van der Waals surface area contributed by atoms with Gasteiger partial charge in [-0.3, -0.25) is 4.40 Å². The van der Waals surface area contributed by atoms with Crippen LogP contribution in [0.5, 0.6) is 5.75 Å². The number of pyridine rings is 2. The highest BCUT2D eigenvalue weighted by Crippen LogP contribution is 2.35. The van der Waals surface area contributed by atoms with Crippen molar-refractivity contribution in [2.75, 3.05) is 12.3 Å². The summed E-state index contributed by atoms with van der Waals surface area (Å²) in [5.74, 6) is -0.292. The van der Waals surface area contributed by atoms with Crippen molar-refractivity contribution < 1.29 is 26.3 Å². The lowest BCUT2D eigenvalue weighted by atomic mass is 10.2. The average molecular weight is 463 g/mol. The van der Waals surface area contributed by atoms with Gasteiger partial charge in [-0.05, 0) is 32.9 Å². The minimum Gasteiger partial charge on any atom is -0.483 e. The van der Waals surface area contributed by atoms with Crippen molar-refractivity contribution in [3.8, 4) is 17.0 Å². The van der Waals surface area contributed by atoms with Gasteiger partial charge in [0.05, 0.1) is 16.6 Å². The molecule has 0 spiro atoms. The fourth-order valence-electron chi connectivity index (χ4n) is 2.67. The molecule has 30 heavy (non-hydrogen) atoms. The van der Waals surface area contributed by atoms with Crippen molar-refractivity contribution >= 4 is 32.9 Å². The quantitative estimate of drug-likeness (QED) is 0.585. The smallest absolute Gasteiger partial charge is 0.422 e. The monoisotopic (exact) mass is 462 g/mol. The fourth-order valence-corrected chi connectivity index (χ4v) is 4.17. The molecule has 0 atom stereocenters. The minimum atomic E-state index is -4.64. The first-order valence-corrected chi connectivity index (χ1v) is 10.4. The second-order valence-electron chi connectivity index (χ2n) is 7.50.